The Morgan fingerprint density at radius 2 is 2.12 bits per heavy atom. The lowest BCUT2D eigenvalue weighted by molar-refractivity contribution is 0.0600. The molecule has 0 aliphatic heterocycles. The number of unbranched alkanes of at least 4 members (excludes halogenated alkanes) is 2. The van der Waals surface area contributed by atoms with Crippen LogP contribution in [-0.2, 0) is 4.74 Å². The number of ether oxygens (including phenoxy) is 2. The number of benzene rings is 1. The summed E-state index contributed by atoms with van der Waals surface area (Å²) >= 11 is 0. The number of carbonyl (C=O) groups excluding carboxylic acids is 1. The summed E-state index contributed by atoms with van der Waals surface area (Å²) in [6.45, 7) is 2.58. The van der Waals surface area contributed by atoms with Crippen LogP contribution in [0.15, 0.2) is 18.2 Å². The third-order valence-corrected chi connectivity index (χ3v) is 2.36. The first kappa shape index (κ1) is 13.5. The topological polar surface area (TPSA) is 35.5 Å². The Morgan fingerprint density at radius 3 is 2.71 bits per heavy atom. The molecule has 0 aromatic heterocycles. The second-order valence-electron chi connectivity index (χ2n) is 3.69. The minimum Gasteiger partial charge on any atom is -0.491 e. The van der Waals surface area contributed by atoms with Gasteiger partial charge in [0.15, 0.2) is 11.6 Å². The molecule has 0 fully saturated rings. The van der Waals surface area contributed by atoms with Gasteiger partial charge >= 0.3 is 5.97 Å². The molecule has 17 heavy (non-hydrogen) atoms. The lowest BCUT2D eigenvalue weighted by atomic mass is 10.2. The van der Waals surface area contributed by atoms with Crippen molar-refractivity contribution in [2.75, 3.05) is 13.7 Å². The van der Waals surface area contributed by atoms with Crippen molar-refractivity contribution in [2.24, 2.45) is 0 Å². The van der Waals surface area contributed by atoms with E-state index in [1.807, 2.05) is 0 Å². The molecule has 0 N–H and O–H groups in total. The van der Waals surface area contributed by atoms with Crippen LogP contribution >= 0.6 is 0 Å². The van der Waals surface area contributed by atoms with Crippen LogP contribution in [0.2, 0.25) is 0 Å². The normalized spacial score (nSPS) is 10.1. The highest BCUT2D eigenvalue weighted by atomic mass is 19.1. The van der Waals surface area contributed by atoms with Gasteiger partial charge in [0.1, 0.15) is 0 Å². The van der Waals surface area contributed by atoms with Gasteiger partial charge in [-0.25, -0.2) is 9.18 Å². The van der Waals surface area contributed by atoms with E-state index in [1.54, 1.807) is 0 Å². The van der Waals surface area contributed by atoms with E-state index < -0.39 is 11.8 Å². The SMILES string of the molecule is CCCCCOc1ccc(C(=O)OC)cc1F. The van der Waals surface area contributed by atoms with Gasteiger partial charge in [0.25, 0.3) is 0 Å². The van der Waals surface area contributed by atoms with Crippen LogP contribution in [0.25, 0.3) is 0 Å². The van der Waals surface area contributed by atoms with E-state index in [4.69, 9.17) is 4.74 Å². The van der Waals surface area contributed by atoms with Crippen LogP contribution in [0.5, 0.6) is 5.75 Å². The first-order chi connectivity index (χ1) is 8.19. The molecule has 0 aliphatic carbocycles. The number of hydrogen-bond acceptors (Lipinski definition) is 3. The number of methoxy groups -OCH3 is 1. The molecule has 0 atom stereocenters. The lowest BCUT2D eigenvalue weighted by Gasteiger charge is -2.07. The third kappa shape index (κ3) is 4.06. The smallest absolute Gasteiger partial charge is 0.337 e. The zero-order chi connectivity index (χ0) is 12.7. The van der Waals surface area contributed by atoms with Crippen molar-refractivity contribution in [2.45, 2.75) is 26.2 Å². The first-order valence-electron chi connectivity index (χ1n) is 5.69. The van der Waals surface area contributed by atoms with Crippen molar-refractivity contribution in [1.29, 1.82) is 0 Å². The minimum absolute atomic E-state index is 0.175. The molecule has 1 rings (SSSR count). The molecule has 3 nitrogen and oxygen atoms in total. The second kappa shape index (κ2) is 6.89. The molecule has 4 heteroatoms. The van der Waals surface area contributed by atoms with Gasteiger partial charge in [0.05, 0.1) is 19.3 Å². The standard InChI is InChI=1S/C13H17FO3/c1-3-4-5-8-17-12-7-6-10(9-11(12)14)13(15)16-2/h6-7,9H,3-5,8H2,1-2H3. The molecule has 0 saturated heterocycles. The Hall–Kier alpha value is -1.58. The van der Waals surface area contributed by atoms with Crippen LogP contribution in [0.1, 0.15) is 36.5 Å². The summed E-state index contributed by atoms with van der Waals surface area (Å²) in [5, 5.41) is 0. The summed E-state index contributed by atoms with van der Waals surface area (Å²) in [7, 11) is 1.26. The van der Waals surface area contributed by atoms with Gasteiger partial charge in [-0.3, -0.25) is 0 Å². The van der Waals surface area contributed by atoms with E-state index in [-0.39, 0.29) is 11.3 Å². The van der Waals surface area contributed by atoms with Gasteiger partial charge in [-0.05, 0) is 24.6 Å². The van der Waals surface area contributed by atoms with Crippen molar-refractivity contribution in [1.82, 2.24) is 0 Å². The van der Waals surface area contributed by atoms with E-state index in [9.17, 15) is 9.18 Å². The number of rotatable bonds is 6. The first-order valence-corrected chi connectivity index (χ1v) is 5.69. The molecular formula is C13H17FO3. The van der Waals surface area contributed by atoms with Crippen LogP contribution in [0.4, 0.5) is 4.39 Å². The Kier molecular flexibility index (Phi) is 5.46. The lowest BCUT2D eigenvalue weighted by Crippen LogP contribution is -2.04. The summed E-state index contributed by atoms with van der Waals surface area (Å²) < 4.78 is 23.3. The van der Waals surface area contributed by atoms with E-state index in [1.165, 1.54) is 19.2 Å². The highest BCUT2D eigenvalue weighted by Crippen LogP contribution is 2.19. The monoisotopic (exact) mass is 240 g/mol. The van der Waals surface area contributed by atoms with Gasteiger partial charge in [-0.2, -0.15) is 0 Å². The van der Waals surface area contributed by atoms with E-state index in [0.717, 1.165) is 25.3 Å². The van der Waals surface area contributed by atoms with E-state index >= 15 is 0 Å². The molecule has 1 aromatic rings. The van der Waals surface area contributed by atoms with Gasteiger partial charge in [0, 0.05) is 0 Å². The Bertz CT molecular complexity index is 377. The molecule has 0 saturated carbocycles. The third-order valence-electron chi connectivity index (χ3n) is 2.36. The summed E-state index contributed by atoms with van der Waals surface area (Å²) in [5.41, 5.74) is 0.186. The summed E-state index contributed by atoms with van der Waals surface area (Å²) in [6.07, 6.45) is 3.05. The van der Waals surface area contributed by atoms with Crippen LogP contribution in [0.3, 0.4) is 0 Å². The largest absolute Gasteiger partial charge is 0.491 e. The predicted molar refractivity (Wildman–Crippen MR) is 62.8 cm³/mol. The number of carbonyl (C=O) groups is 1. The van der Waals surface area contributed by atoms with Crippen LogP contribution in [0, 0.1) is 5.82 Å². The number of halogens is 1. The summed E-state index contributed by atoms with van der Waals surface area (Å²) in [5.74, 6) is -0.917. The van der Waals surface area contributed by atoms with Crippen LogP contribution in [-0.4, -0.2) is 19.7 Å². The fourth-order valence-electron chi connectivity index (χ4n) is 1.40. The van der Waals surface area contributed by atoms with Crippen LogP contribution < -0.4 is 4.74 Å². The minimum atomic E-state index is -0.554. The van der Waals surface area contributed by atoms with E-state index in [0.29, 0.717) is 6.61 Å². The molecule has 0 radical (unpaired) electrons. The summed E-state index contributed by atoms with van der Waals surface area (Å²) in [4.78, 5) is 11.1. The molecule has 1 aromatic carbocycles. The maximum atomic E-state index is 13.5. The zero-order valence-electron chi connectivity index (χ0n) is 10.2. The summed E-state index contributed by atoms with van der Waals surface area (Å²) in [6, 6.07) is 4.07. The molecule has 0 aliphatic rings. The fraction of sp³-hybridized carbons (Fsp3) is 0.462. The molecule has 0 unspecified atom stereocenters. The van der Waals surface area contributed by atoms with Gasteiger partial charge < -0.3 is 9.47 Å². The van der Waals surface area contributed by atoms with Gasteiger partial charge in [-0.15, -0.1) is 0 Å². The molecular weight excluding hydrogens is 223 g/mol. The Labute approximate surface area is 101 Å². The highest BCUT2D eigenvalue weighted by molar-refractivity contribution is 5.89. The Balaban J connectivity index is 2.60. The average molecular weight is 240 g/mol. The van der Waals surface area contributed by atoms with Crippen molar-refractivity contribution in [3.63, 3.8) is 0 Å². The quantitative estimate of drug-likeness (QED) is 0.566. The van der Waals surface area contributed by atoms with Gasteiger partial charge in [0.2, 0.25) is 0 Å². The average Bonchev–Trinajstić information content (AvgIpc) is 2.35. The fourth-order valence-corrected chi connectivity index (χ4v) is 1.40. The molecule has 0 amide bonds. The molecule has 0 spiro atoms. The second-order valence-corrected chi connectivity index (χ2v) is 3.69. The molecule has 94 valence electrons. The van der Waals surface area contributed by atoms with E-state index in [2.05, 4.69) is 11.7 Å². The van der Waals surface area contributed by atoms with Crippen molar-refractivity contribution < 1.29 is 18.7 Å². The maximum absolute atomic E-state index is 13.5. The Morgan fingerprint density at radius 1 is 1.35 bits per heavy atom. The van der Waals surface area contributed by atoms with Crippen molar-refractivity contribution in [3.8, 4) is 5.75 Å². The van der Waals surface area contributed by atoms with Crippen molar-refractivity contribution in [3.05, 3.63) is 29.6 Å². The number of esters is 1. The zero-order valence-corrected chi connectivity index (χ0v) is 10.2. The number of hydrogen-bond donors (Lipinski definition) is 0. The maximum Gasteiger partial charge on any atom is 0.337 e. The molecule has 0 bridgehead atoms. The van der Waals surface area contributed by atoms with Gasteiger partial charge in [-0.1, -0.05) is 19.8 Å². The predicted octanol–water partition coefficient (Wildman–Crippen LogP) is 3.18. The van der Waals surface area contributed by atoms with Crippen molar-refractivity contribution >= 4 is 5.97 Å². The molecule has 0 heterocycles. The highest BCUT2D eigenvalue weighted by Gasteiger charge is 2.10.